The lowest BCUT2D eigenvalue weighted by Crippen LogP contribution is -2.14. The molecule has 0 atom stereocenters. The summed E-state index contributed by atoms with van der Waals surface area (Å²) in [6.07, 6.45) is 1.87. The van der Waals surface area contributed by atoms with Crippen LogP contribution in [-0.2, 0) is 11.2 Å². The first kappa shape index (κ1) is 16.1. The molecule has 0 unspecified atom stereocenters. The molecule has 1 heterocycles. The standard InChI is InChI=1S/C18H15BrClNO2/c1-10-6-15-17(11(2)18(10)20)12(9-23-15)7-16(22)21-14-5-3-4-13(19)8-14/h3-6,8-9H,7H2,1-2H3,(H,21,22). The van der Waals surface area contributed by atoms with Crippen molar-refractivity contribution in [2.24, 2.45) is 0 Å². The molecule has 0 fully saturated rings. The minimum Gasteiger partial charge on any atom is -0.464 e. The van der Waals surface area contributed by atoms with Crippen molar-refractivity contribution < 1.29 is 9.21 Å². The summed E-state index contributed by atoms with van der Waals surface area (Å²) >= 11 is 9.71. The van der Waals surface area contributed by atoms with Crippen molar-refractivity contribution >= 4 is 50.1 Å². The van der Waals surface area contributed by atoms with Gasteiger partial charge in [-0.15, -0.1) is 0 Å². The lowest BCUT2D eigenvalue weighted by atomic mass is 10.0. The van der Waals surface area contributed by atoms with Gasteiger partial charge in [-0.05, 0) is 49.2 Å². The average molecular weight is 393 g/mol. The maximum atomic E-state index is 12.3. The molecule has 1 aromatic heterocycles. The zero-order valence-corrected chi connectivity index (χ0v) is 15.1. The SMILES string of the molecule is Cc1cc2occ(CC(=O)Nc3cccc(Br)c3)c2c(C)c1Cl. The van der Waals surface area contributed by atoms with E-state index in [-0.39, 0.29) is 12.3 Å². The highest BCUT2D eigenvalue weighted by Gasteiger charge is 2.15. The third kappa shape index (κ3) is 3.28. The predicted molar refractivity (Wildman–Crippen MR) is 97.2 cm³/mol. The van der Waals surface area contributed by atoms with Crippen LogP contribution >= 0.6 is 27.5 Å². The summed E-state index contributed by atoms with van der Waals surface area (Å²) in [4.78, 5) is 12.3. The van der Waals surface area contributed by atoms with Crippen molar-refractivity contribution in [3.63, 3.8) is 0 Å². The molecular weight excluding hydrogens is 378 g/mol. The van der Waals surface area contributed by atoms with Crippen molar-refractivity contribution in [1.29, 1.82) is 0 Å². The van der Waals surface area contributed by atoms with Gasteiger partial charge in [-0.1, -0.05) is 33.6 Å². The number of carbonyl (C=O) groups is 1. The first-order valence-electron chi connectivity index (χ1n) is 7.17. The monoisotopic (exact) mass is 391 g/mol. The van der Waals surface area contributed by atoms with E-state index in [1.165, 1.54) is 0 Å². The molecule has 1 amide bonds. The van der Waals surface area contributed by atoms with E-state index in [4.69, 9.17) is 16.0 Å². The van der Waals surface area contributed by atoms with Gasteiger partial charge in [0.2, 0.25) is 5.91 Å². The molecule has 1 N–H and O–H groups in total. The predicted octanol–water partition coefficient (Wildman–Crippen LogP) is 5.65. The Morgan fingerprint density at radius 1 is 1.30 bits per heavy atom. The van der Waals surface area contributed by atoms with Crippen LogP contribution in [-0.4, -0.2) is 5.91 Å². The molecule has 5 heteroatoms. The summed E-state index contributed by atoms with van der Waals surface area (Å²) in [5.74, 6) is -0.0955. The summed E-state index contributed by atoms with van der Waals surface area (Å²) in [5, 5.41) is 4.52. The van der Waals surface area contributed by atoms with Crippen LogP contribution in [0.1, 0.15) is 16.7 Å². The Hall–Kier alpha value is -1.78. The third-order valence-corrected chi connectivity index (χ3v) is 4.83. The fourth-order valence-electron chi connectivity index (χ4n) is 2.68. The molecule has 2 aromatic carbocycles. The van der Waals surface area contributed by atoms with Crippen LogP contribution in [0.4, 0.5) is 5.69 Å². The van der Waals surface area contributed by atoms with Gasteiger partial charge >= 0.3 is 0 Å². The molecule has 23 heavy (non-hydrogen) atoms. The lowest BCUT2D eigenvalue weighted by molar-refractivity contribution is -0.115. The van der Waals surface area contributed by atoms with E-state index in [9.17, 15) is 4.79 Å². The number of furan rings is 1. The number of hydrogen-bond acceptors (Lipinski definition) is 2. The van der Waals surface area contributed by atoms with Crippen molar-refractivity contribution in [1.82, 2.24) is 0 Å². The van der Waals surface area contributed by atoms with E-state index in [1.54, 1.807) is 6.26 Å². The second-order valence-corrected chi connectivity index (χ2v) is 6.80. The smallest absolute Gasteiger partial charge is 0.228 e. The van der Waals surface area contributed by atoms with Gasteiger partial charge in [0, 0.05) is 26.1 Å². The van der Waals surface area contributed by atoms with Gasteiger partial charge in [0.05, 0.1) is 12.7 Å². The van der Waals surface area contributed by atoms with Gasteiger partial charge in [-0.2, -0.15) is 0 Å². The number of benzene rings is 2. The Morgan fingerprint density at radius 2 is 2.09 bits per heavy atom. The van der Waals surface area contributed by atoms with E-state index >= 15 is 0 Å². The molecular formula is C18H15BrClNO2. The van der Waals surface area contributed by atoms with E-state index < -0.39 is 0 Å². The molecule has 0 saturated carbocycles. The van der Waals surface area contributed by atoms with Crippen LogP contribution in [0.15, 0.2) is 45.5 Å². The maximum absolute atomic E-state index is 12.3. The number of aryl methyl sites for hydroxylation is 2. The van der Waals surface area contributed by atoms with E-state index in [0.717, 1.165) is 37.8 Å². The molecule has 0 bridgehead atoms. The molecule has 3 aromatic rings. The van der Waals surface area contributed by atoms with Crippen LogP contribution in [0.2, 0.25) is 5.02 Å². The third-order valence-electron chi connectivity index (χ3n) is 3.75. The van der Waals surface area contributed by atoms with Crippen LogP contribution in [0.25, 0.3) is 11.0 Å². The van der Waals surface area contributed by atoms with Gasteiger partial charge in [-0.3, -0.25) is 4.79 Å². The number of halogens is 2. The van der Waals surface area contributed by atoms with Gasteiger partial charge < -0.3 is 9.73 Å². The molecule has 0 saturated heterocycles. The van der Waals surface area contributed by atoms with Crippen molar-refractivity contribution in [3.8, 4) is 0 Å². The van der Waals surface area contributed by atoms with Gasteiger partial charge in [0.1, 0.15) is 5.58 Å². The zero-order chi connectivity index (χ0) is 16.6. The maximum Gasteiger partial charge on any atom is 0.228 e. The fraction of sp³-hybridized carbons (Fsp3) is 0.167. The highest BCUT2D eigenvalue weighted by atomic mass is 79.9. The van der Waals surface area contributed by atoms with Gasteiger partial charge in [-0.25, -0.2) is 0 Å². The Balaban J connectivity index is 1.87. The van der Waals surface area contributed by atoms with Crippen LogP contribution in [0.5, 0.6) is 0 Å². The lowest BCUT2D eigenvalue weighted by Gasteiger charge is -2.07. The van der Waals surface area contributed by atoms with Crippen LogP contribution in [0.3, 0.4) is 0 Å². The molecule has 3 nitrogen and oxygen atoms in total. The summed E-state index contributed by atoms with van der Waals surface area (Å²) in [6, 6.07) is 9.39. The van der Waals surface area contributed by atoms with E-state index in [2.05, 4.69) is 21.2 Å². The number of nitrogens with one attached hydrogen (secondary N) is 1. The summed E-state index contributed by atoms with van der Waals surface area (Å²) < 4.78 is 6.51. The molecule has 0 aliphatic rings. The van der Waals surface area contributed by atoms with Crippen molar-refractivity contribution in [2.75, 3.05) is 5.32 Å². The minimum absolute atomic E-state index is 0.0955. The number of fused-ring (bicyclic) bond motifs is 1. The zero-order valence-electron chi connectivity index (χ0n) is 12.7. The first-order chi connectivity index (χ1) is 11.0. The molecule has 0 spiro atoms. The van der Waals surface area contributed by atoms with Crippen LogP contribution in [0, 0.1) is 13.8 Å². The summed E-state index contributed by atoms with van der Waals surface area (Å²) in [6.45, 7) is 3.89. The number of amides is 1. The highest BCUT2D eigenvalue weighted by Crippen LogP contribution is 2.32. The Morgan fingerprint density at radius 3 is 2.83 bits per heavy atom. The summed E-state index contributed by atoms with van der Waals surface area (Å²) in [5.41, 5.74) is 4.26. The largest absolute Gasteiger partial charge is 0.464 e. The Kier molecular flexibility index (Phi) is 4.46. The highest BCUT2D eigenvalue weighted by molar-refractivity contribution is 9.10. The molecule has 3 rings (SSSR count). The fourth-order valence-corrected chi connectivity index (χ4v) is 3.23. The first-order valence-corrected chi connectivity index (χ1v) is 8.34. The van der Waals surface area contributed by atoms with E-state index in [1.807, 2.05) is 44.2 Å². The molecule has 118 valence electrons. The summed E-state index contributed by atoms with van der Waals surface area (Å²) in [7, 11) is 0. The van der Waals surface area contributed by atoms with Gasteiger partial charge in [0.15, 0.2) is 0 Å². The van der Waals surface area contributed by atoms with Crippen molar-refractivity contribution in [2.45, 2.75) is 20.3 Å². The second kappa shape index (κ2) is 6.38. The molecule has 0 aliphatic carbocycles. The second-order valence-electron chi connectivity index (χ2n) is 5.50. The van der Waals surface area contributed by atoms with Crippen molar-refractivity contribution in [3.05, 3.63) is 62.8 Å². The molecule has 0 radical (unpaired) electrons. The van der Waals surface area contributed by atoms with Gasteiger partial charge in [0.25, 0.3) is 0 Å². The normalized spacial score (nSPS) is 11.0. The quantitative estimate of drug-likeness (QED) is 0.626. The Labute approximate surface area is 147 Å². The Bertz CT molecular complexity index is 901. The minimum atomic E-state index is -0.0955. The molecule has 0 aliphatic heterocycles. The number of carbonyl (C=O) groups excluding carboxylic acids is 1. The van der Waals surface area contributed by atoms with E-state index in [0.29, 0.717) is 5.02 Å². The average Bonchev–Trinajstić information content (AvgIpc) is 2.87. The topological polar surface area (TPSA) is 42.2 Å². The number of rotatable bonds is 3. The van der Waals surface area contributed by atoms with Crippen LogP contribution < -0.4 is 5.32 Å². The number of anilines is 1. The number of hydrogen-bond donors (Lipinski definition) is 1.